The lowest BCUT2D eigenvalue weighted by atomic mass is 10.1. The fourth-order valence-corrected chi connectivity index (χ4v) is 3.77. The number of carbonyl (C=O) groups excluding carboxylic acids is 2. The zero-order valence-electron chi connectivity index (χ0n) is 15.5. The van der Waals surface area contributed by atoms with E-state index in [4.69, 9.17) is 0 Å². The Hall–Kier alpha value is -3.40. The van der Waals surface area contributed by atoms with Crippen LogP contribution in [0.5, 0.6) is 0 Å². The minimum Gasteiger partial charge on any atom is -0.352 e. The van der Waals surface area contributed by atoms with E-state index >= 15 is 0 Å². The second-order valence-corrected chi connectivity index (χ2v) is 6.96. The molecule has 7 nitrogen and oxygen atoms in total. The molecule has 1 aromatic carbocycles. The Morgan fingerprint density at radius 3 is 2.61 bits per heavy atom. The summed E-state index contributed by atoms with van der Waals surface area (Å²) in [6.45, 7) is 3.09. The summed E-state index contributed by atoms with van der Waals surface area (Å²) in [4.78, 5) is 34.9. The van der Waals surface area contributed by atoms with Gasteiger partial charge in [-0.3, -0.25) is 9.59 Å². The van der Waals surface area contributed by atoms with Crippen molar-refractivity contribution >= 4 is 23.3 Å². The highest BCUT2D eigenvalue weighted by atomic mass is 16.2. The molecule has 0 N–H and O–H groups in total. The summed E-state index contributed by atoms with van der Waals surface area (Å²) in [5.41, 5.74) is 1.94. The number of anilines is 2. The molecule has 3 heterocycles. The Labute approximate surface area is 163 Å². The molecule has 2 aliphatic rings. The molecule has 0 atom stereocenters. The predicted molar refractivity (Wildman–Crippen MR) is 105 cm³/mol. The van der Waals surface area contributed by atoms with Crippen molar-refractivity contribution in [3.8, 4) is 6.07 Å². The van der Waals surface area contributed by atoms with Gasteiger partial charge in [0.05, 0.1) is 5.56 Å². The molecule has 2 aliphatic heterocycles. The molecule has 2 saturated heterocycles. The van der Waals surface area contributed by atoms with Crippen LogP contribution >= 0.6 is 0 Å². The summed E-state index contributed by atoms with van der Waals surface area (Å²) in [7, 11) is 0. The third-order valence-corrected chi connectivity index (χ3v) is 5.25. The second kappa shape index (κ2) is 7.69. The van der Waals surface area contributed by atoms with Gasteiger partial charge in [-0.1, -0.05) is 6.07 Å². The minimum absolute atomic E-state index is 0.0327. The van der Waals surface area contributed by atoms with E-state index in [0.717, 1.165) is 12.1 Å². The van der Waals surface area contributed by atoms with Crippen molar-refractivity contribution in [3.63, 3.8) is 0 Å². The van der Waals surface area contributed by atoms with E-state index in [1.54, 1.807) is 29.3 Å². The molecule has 142 valence electrons. The summed E-state index contributed by atoms with van der Waals surface area (Å²) >= 11 is 0. The van der Waals surface area contributed by atoms with E-state index in [0.29, 0.717) is 56.1 Å². The average molecular weight is 375 g/mol. The molecule has 0 radical (unpaired) electrons. The summed E-state index contributed by atoms with van der Waals surface area (Å²) in [6, 6.07) is 13.0. The van der Waals surface area contributed by atoms with E-state index in [1.807, 2.05) is 28.0 Å². The van der Waals surface area contributed by atoms with Crippen molar-refractivity contribution < 1.29 is 9.59 Å². The Morgan fingerprint density at radius 2 is 1.89 bits per heavy atom. The molecule has 0 spiro atoms. The van der Waals surface area contributed by atoms with Crippen LogP contribution < -0.4 is 9.80 Å². The van der Waals surface area contributed by atoms with Crippen LogP contribution in [0.3, 0.4) is 0 Å². The number of carbonyl (C=O) groups is 2. The third kappa shape index (κ3) is 3.41. The van der Waals surface area contributed by atoms with Crippen LogP contribution in [0.15, 0.2) is 42.6 Å². The van der Waals surface area contributed by atoms with Gasteiger partial charge in [-0.15, -0.1) is 0 Å². The number of hydrogen-bond donors (Lipinski definition) is 0. The van der Waals surface area contributed by atoms with Gasteiger partial charge in [-0.05, 0) is 36.8 Å². The topological polar surface area (TPSA) is 80.5 Å². The molecule has 0 bridgehead atoms. The van der Waals surface area contributed by atoms with Crippen LogP contribution in [0.2, 0.25) is 0 Å². The van der Waals surface area contributed by atoms with Crippen molar-refractivity contribution in [2.45, 2.75) is 12.8 Å². The summed E-state index contributed by atoms with van der Waals surface area (Å²) in [5, 5.41) is 9.26. The molecule has 2 aromatic rings. The first-order valence-electron chi connectivity index (χ1n) is 9.47. The fourth-order valence-electron chi connectivity index (χ4n) is 3.77. The van der Waals surface area contributed by atoms with Crippen molar-refractivity contribution in [1.82, 2.24) is 9.88 Å². The zero-order chi connectivity index (χ0) is 19.5. The monoisotopic (exact) mass is 375 g/mol. The fraction of sp³-hybridized carbons (Fsp3) is 0.333. The van der Waals surface area contributed by atoms with Gasteiger partial charge in [-0.2, -0.15) is 5.26 Å². The summed E-state index contributed by atoms with van der Waals surface area (Å²) in [6.07, 6.45) is 3.11. The van der Waals surface area contributed by atoms with E-state index in [1.165, 1.54) is 0 Å². The molecular formula is C21H21N5O2. The van der Waals surface area contributed by atoms with Gasteiger partial charge in [0.25, 0.3) is 5.91 Å². The molecule has 28 heavy (non-hydrogen) atoms. The minimum atomic E-state index is -0.0327. The van der Waals surface area contributed by atoms with Crippen LogP contribution in [0.4, 0.5) is 11.5 Å². The first-order valence-corrected chi connectivity index (χ1v) is 9.47. The number of nitrogens with zero attached hydrogens (tertiary/aromatic N) is 5. The summed E-state index contributed by atoms with van der Waals surface area (Å²) in [5.74, 6) is 0.753. The van der Waals surface area contributed by atoms with Gasteiger partial charge in [0.15, 0.2) is 0 Å². The maximum absolute atomic E-state index is 13.0. The van der Waals surface area contributed by atoms with Crippen LogP contribution in [-0.4, -0.2) is 54.4 Å². The number of benzene rings is 1. The van der Waals surface area contributed by atoms with Gasteiger partial charge in [0.1, 0.15) is 11.9 Å². The van der Waals surface area contributed by atoms with Crippen LogP contribution in [0, 0.1) is 11.3 Å². The lowest BCUT2D eigenvalue weighted by molar-refractivity contribution is -0.117. The quantitative estimate of drug-likeness (QED) is 0.820. The number of amides is 2. The number of aromatic nitrogens is 1. The summed E-state index contributed by atoms with van der Waals surface area (Å²) < 4.78 is 0. The highest BCUT2D eigenvalue weighted by Gasteiger charge is 2.26. The molecular weight excluding hydrogens is 354 g/mol. The second-order valence-electron chi connectivity index (χ2n) is 6.96. The van der Waals surface area contributed by atoms with E-state index < -0.39 is 0 Å². The third-order valence-electron chi connectivity index (χ3n) is 5.25. The van der Waals surface area contributed by atoms with Gasteiger partial charge >= 0.3 is 0 Å². The SMILES string of the molecule is N#Cc1cccnc1N1CCN(C(=O)c2cccc(N3CCCC3=O)c2)CC1. The molecule has 0 aliphatic carbocycles. The van der Waals surface area contributed by atoms with Crippen molar-refractivity contribution in [2.75, 3.05) is 42.5 Å². The van der Waals surface area contributed by atoms with E-state index in [9.17, 15) is 14.9 Å². The van der Waals surface area contributed by atoms with Crippen LogP contribution in [0.1, 0.15) is 28.8 Å². The number of hydrogen-bond acceptors (Lipinski definition) is 5. The number of pyridine rings is 1. The Balaban J connectivity index is 1.45. The zero-order valence-corrected chi connectivity index (χ0v) is 15.5. The first kappa shape index (κ1) is 18.0. The maximum Gasteiger partial charge on any atom is 0.254 e. The highest BCUT2D eigenvalue weighted by molar-refractivity contribution is 5.99. The molecule has 4 rings (SSSR count). The molecule has 2 amide bonds. The lowest BCUT2D eigenvalue weighted by Gasteiger charge is -2.35. The standard InChI is InChI=1S/C21H21N5O2/c22-15-17-5-2-8-23-20(17)24-10-12-25(13-11-24)21(28)16-4-1-6-18(14-16)26-9-3-7-19(26)27/h1-2,4-6,8,14H,3,7,9-13H2. The van der Waals surface area contributed by atoms with E-state index in [2.05, 4.69) is 11.1 Å². The number of nitriles is 1. The average Bonchev–Trinajstić information content (AvgIpc) is 3.19. The normalized spacial score (nSPS) is 17.0. The van der Waals surface area contributed by atoms with E-state index in [-0.39, 0.29) is 11.8 Å². The molecule has 2 fully saturated rings. The smallest absolute Gasteiger partial charge is 0.254 e. The van der Waals surface area contributed by atoms with Crippen LogP contribution in [-0.2, 0) is 4.79 Å². The molecule has 0 unspecified atom stereocenters. The molecule has 1 aromatic heterocycles. The van der Waals surface area contributed by atoms with Crippen molar-refractivity contribution in [3.05, 3.63) is 53.7 Å². The van der Waals surface area contributed by atoms with Gasteiger partial charge < -0.3 is 14.7 Å². The largest absolute Gasteiger partial charge is 0.352 e. The predicted octanol–water partition coefficient (Wildman–Crippen LogP) is 2.04. The van der Waals surface area contributed by atoms with Crippen molar-refractivity contribution in [2.24, 2.45) is 0 Å². The lowest BCUT2D eigenvalue weighted by Crippen LogP contribution is -2.49. The highest BCUT2D eigenvalue weighted by Crippen LogP contribution is 2.24. The Morgan fingerprint density at radius 1 is 1.07 bits per heavy atom. The van der Waals surface area contributed by atoms with Crippen LogP contribution in [0.25, 0.3) is 0 Å². The van der Waals surface area contributed by atoms with Gasteiger partial charge in [0.2, 0.25) is 5.91 Å². The number of rotatable bonds is 3. The molecule has 0 saturated carbocycles. The Bertz CT molecular complexity index is 944. The Kier molecular flexibility index (Phi) is 4.94. The maximum atomic E-state index is 13.0. The molecule has 7 heteroatoms. The van der Waals surface area contributed by atoms with Gasteiger partial charge in [-0.25, -0.2) is 4.98 Å². The van der Waals surface area contributed by atoms with Crippen molar-refractivity contribution in [1.29, 1.82) is 5.26 Å². The van der Waals surface area contributed by atoms with Gasteiger partial charge in [0, 0.05) is 56.6 Å². The first-order chi connectivity index (χ1) is 13.7. The number of piperazine rings is 1.